The lowest BCUT2D eigenvalue weighted by Crippen LogP contribution is -2.26. The number of nitrogens with one attached hydrogen (secondary N) is 1. The van der Waals surface area contributed by atoms with Crippen molar-refractivity contribution >= 4 is 28.1 Å². The van der Waals surface area contributed by atoms with Crippen molar-refractivity contribution in [3.8, 4) is 0 Å². The summed E-state index contributed by atoms with van der Waals surface area (Å²) in [6.07, 6.45) is 0.416. The molecular weight excluding hydrogens is 336 g/mol. The van der Waals surface area contributed by atoms with Crippen LogP contribution in [0.3, 0.4) is 0 Å². The van der Waals surface area contributed by atoms with E-state index in [4.69, 9.17) is 4.42 Å². The second-order valence-electron chi connectivity index (χ2n) is 4.98. The molecule has 9 nitrogen and oxygen atoms in total. The largest absolute Gasteiger partial charge is 0.433 e. The Bertz CT molecular complexity index is 987. The van der Waals surface area contributed by atoms with Gasteiger partial charge in [-0.05, 0) is 13.0 Å². The molecule has 0 fully saturated rings. The second kappa shape index (κ2) is 6.24. The van der Waals surface area contributed by atoms with Crippen LogP contribution in [-0.2, 0) is 6.42 Å². The molecule has 3 aromatic heterocycles. The van der Waals surface area contributed by atoms with Crippen LogP contribution in [0, 0.1) is 17.0 Å². The van der Waals surface area contributed by atoms with E-state index >= 15 is 0 Å². The summed E-state index contributed by atoms with van der Waals surface area (Å²) in [4.78, 5) is 38.6. The van der Waals surface area contributed by atoms with Crippen LogP contribution in [-0.4, -0.2) is 26.8 Å². The maximum absolute atomic E-state index is 12.0. The van der Waals surface area contributed by atoms with Crippen LogP contribution in [0.5, 0.6) is 0 Å². The third kappa shape index (κ3) is 3.04. The number of carbonyl (C=O) groups is 1. The molecule has 0 spiro atoms. The normalized spacial score (nSPS) is 10.9. The zero-order valence-corrected chi connectivity index (χ0v) is 13.3. The highest BCUT2D eigenvalue weighted by molar-refractivity contribution is 7.15. The van der Waals surface area contributed by atoms with Crippen LogP contribution in [0.15, 0.2) is 32.8 Å². The molecule has 0 unspecified atom stereocenters. The van der Waals surface area contributed by atoms with Gasteiger partial charge in [0.1, 0.15) is 4.92 Å². The second-order valence-corrected chi connectivity index (χ2v) is 5.82. The molecule has 3 rings (SSSR count). The summed E-state index contributed by atoms with van der Waals surface area (Å²) >= 11 is 1.35. The van der Waals surface area contributed by atoms with Crippen molar-refractivity contribution in [1.82, 2.24) is 14.7 Å². The quantitative estimate of drug-likeness (QED) is 0.551. The fourth-order valence-electron chi connectivity index (χ4n) is 2.20. The number of amides is 1. The number of hydrogen-bond acceptors (Lipinski definition) is 7. The summed E-state index contributed by atoms with van der Waals surface area (Å²) in [5, 5.41) is 14.9. The predicted octanol–water partition coefficient (Wildman–Crippen LogP) is 1.54. The fourth-order valence-corrected chi connectivity index (χ4v) is 3.17. The molecule has 24 heavy (non-hydrogen) atoms. The first-order chi connectivity index (χ1) is 11.5. The van der Waals surface area contributed by atoms with Gasteiger partial charge in [-0.1, -0.05) is 0 Å². The Kier molecular flexibility index (Phi) is 4.13. The van der Waals surface area contributed by atoms with Crippen molar-refractivity contribution in [3.63, 3.8) is 0 Å². The number of nitro groups is 1. The number of aryl methyl sites for hydroxylation is 1. The van der Waals surface area contributed by atoms with E-state index in [9.17, 15) is 19.7 Å². The monoisotopic (exact) mass is 348 g/mol. The summed E-state index contributed by atoms with van der Waals surface area (Å²) in [5.74, 6) is -1.17. The third-order valence-corrected chi connectivity index (χ3v) is 4.14. The highest BCUT2D eigenvalue weighted by Crippen LogP contribution is 2.16. The Balaban J connectivity index is 1.67. The molecule has 1 N–H and O–H groups in total. The van der Waals surface area contributed by atoms with E-state index in [1.807, 2.05) is 5.38 Å². The number of fused-ring (bicyclic) bond motifs is 1. The molecule has 10 heteroatoms. The summed E-state index contributed by atoms with van der Waals surface area (Å²) in [7, 11) is 0. The Morgan fingerprint density at radius 2 is 2.29 bits per heavy atom. The van der Waals surface area contributed by atoms with Crippen molar-refractivity contribution in [2.45, 2.75) is 13.3 Å². The average molecular weight is 348 g/mol. The number of rotatable bonds is 5. The van der Waals surface area contributed by atoms with Gasteiger partial charge in [0.05, 0.1) is 6.07 Å². The molecule has 1 amide bonds. The molecule has 0 radical (unpaired) electrons. The van der Waals surface area contributed by atoms with Crippen molar-refractivity contribution in [2.24, 2.45) is 0 Å². The van der Waals surface area contributed by atoms with Gasteiger partial charge in [0.15, 0.2) is 10.7 Å². The minimum absolute atomic E-state index is 0.133. The Morgan fingerprint density at radius 1 is 1.50 bits per heavy atom. The first-order valence-corrected chi connectivity index (χ1v) is 7.83. The number of nitrogens with zero attached hydrogens (tertiary/aromatic N) is 3. The van der Waals surface area contributed by atoms with E-state index in [1.54, 1.807) is 6.92 Å². The summed E-state index contributed by atoms with van der Waals surface area (Å²) in [6.45, 7) is 2.00. The number of thiazole rings is 1. The molecule has 3 heterocycles. The predicted molar refractivity (Wildman–Crippen MR) is 85.5 cm³/mol. The van der Waals surface area contributed by atoms with Gasteiger partial charge >= 0.3 is 5.88 Å². The van der Waals surface area contributed by atoms with Crippen LogP contribution in [0.25, 0.3) is 4.96 Å². The van der Waals surface area contributed by atoms with Gasteiger partial charge in [-0.25, -0.2) is 4.98 Å². The Labute approximate surface area is 138 Å². The topological polar surface area (TPSA) is 120 Å². The smallest absolute Gasteiger partial charge is 0.395 e. The van der Waals surface area contributed by atoms with E-state index in [0.29, 0.717) is 17.1 Å². The first kappa shape index (κ1) is 15.9. The summed E-state index contributed by atoms with van der Waals surface area (Å²) in [5.41, 5.74) is 1.22. The van der Waals surface area contributed by atoms with Gasteiger partial charge in [0, 0.05) is 35.8 Å². The van der Waals surface area contributed by atoms with E-state index in [1.165, 1.54) is 27.9 Å². The molecule has 124 valence electrons. The molecule has 0 saturated carbocycles. The molecule has 0 atom stereocenters. The van der Waals surface area contributed by atoms with Gasteiger partial charge in [-0.15, -0.1) is 11.3 Å². The van der Waals surface area contributed by atoms with E-state index in [0.717, 1.165) is 11.8 Å². The lowest BCUT2D eigenvalue weighted by atomic mass is 10.3. The molecule has 0 aliphatic heterocycles. The molecule has 3 aromatic rings. The summed E-state index contributed by atoms with van der Waals surface area (Å²) < 4.78 is 6.32. The van der Waals surface area contributed by atoms with Gasteiger partial charge in [0.2, 0.25) is 0 Å². The highest BCUT2D eigenvalue weighted by atomic mass is 32.1. The third-order valence-electron chi connectivity index (χ3n) is 3.27. The molecule has 0 bridgehead atoms. The van der Waals surface area contributed by atoms with E-state index in [2.05, 4.69) is 10.3 Å². The SMILES string of the molecule is Cc1cc(=O)n2c(CCNC(=O)c3ccc([N+](=O)[O-])o3)csc2n1. The molecule has 0 saturated heterocycles. The van der Waals surface area contributed by atoms with Crippen LogP contribution in [0.2, 0.25) is 0 Å². The molecule has 0 aliphatic rings. The van der Waals surface area contributed by atoms with Crippen LogP contribution >= 0.6 is 11.3 Å². The number of aromatic nitrogens is 2. The zero-order valence-electron chi connectivity index (χ0n) is 12.5. The standard InChI is InChI=1S/C14H12N4O5S/c1-8-6-11(19)17-9(7-24-14(17)16-8)4-5-15-13(20)10-2-3-12(23-10)18(21)22/h2-3,6-7H,4-5H2,1H3,(H,15,20). The van der Waals surface area contributed by atoms with Crippen molar-refractivity contribution in [3.05, 3.63) is 61.2 Å². The lowest BCUT2D eigenvalue weighted by Gasteiger charge is -2.03. The maximum atomic E-state index is 12.0. The number of furan rings is 1. The number of hydrogen-bond donors (Lipinski definition) is 1. The summed E-state index contributed by atoms with van der Waals surface area (Å²) in [6, 6.07) is 3.81. The van der Waals surface area contributed by atoms with Gasteiger partial charge in [-0.2, -0.15) is 0 Å². The van der Waals surface area contributed by atoms with Gasteiger partial charge < -0.3 is 9.73 Å². The van der Waals surface area contributed by atoms with Crippen molar-refractivity contribution in [2.75, 3.05) is 6.54 Å². The van der Waals surface area contributed by atoms with Gasteiger partial charge in [-0.3, -0.25) is 24.1 Å². The zero-order chi connectivity index (χ0) is 17.3. The van der Waals surface area contributed by atoms with Crippen LogP contribution in [0.1, 0.15) is 21.9 Å². The Hall–Kier alpha value is -3.01. The highest BCUT2D eigenvalue weighted by Gasteiger charge is 2.17. The van der Waals surface area contributed by atoms with Crippen molar-refractivity contribution in [1.29, 1.82) is 0 Å². The number of carbonyl (C=O) groups excluding carboxylic acids is 1. The van der Waals surface area contributed by atoms with E-state index < -0.39 is 16.7 Å². The van der Waals surface area contributed by atoms with Gasteiger partial charge in [0.25, 0.3) is 11.5 Å². The average Bonchev–Trinajstić information content (AvgIpc) is 3.14. The lowest BCUT2D eigenvalue weighted by molar-refractivity contribution is -0.402. The Morgan fingerprint density at radius 3 is 3.00 bits per heavy atom. The van der Waals surface area contributed by atoms with Crippen LogP contribution in [0.4, 0.5) is 5.88 Å². The molecule has 0 aromatic carbocycles. The fraction of sp³-hybridized carbons (Fsp3) is 0.214. The van der Waals surface area contributed by atoms with E-state index in [-0.39, 0.29) is 17.9 Å². The molecular formula is C14H12N4O5S. The first-order valence-electron chi connectivity index (χ1n) is 6.95. The van der Waals surface area contributed by atoms with Crippen molar-refractivity contribution < 1.29 is 14.1 Å². The maximum Gasteiger partial charge on any atom is 0.433 e. The minimum Gasteiger partial charge on any atom is -0.395 e. The molecule has 0 aliphatic carbocycles. The minimum atomic E-state index is -0.713. The van der Waals surface area contributed by atoms with Crippen LogP contribution < -0.4 is 10.9 Å².